The zero-order valence-electron chi connectivity index (χ0n) is 8.98. The van der Waals surface area contributed by atoms with Gasteiger partial charge in [-0.2, -0.15) is 0 Å². The molecule has 2 aromatic rings. The predicted molar refractivity (Wildman–Crippen MR) is 63.8 cm³/mol. The summed E-state index contributed by atoms with van der Waals surface area (Å²) in [6.07, 6.45) is 1.77. The van der Waals surface area contributed by atoms with Crippen molar-refractivity contribution in [3.05, 3.63) is 52.2 Å². The average Bonchev–Trinajstić information content (AvgIpc) is 2.79. The van der Waals surface area contributed by atoms with Crippen LogP contribution in [-0.4, -0.2) is 4.98 Å². The normalized spacial score (nSPS) is 12.6. The maximum atomic E-state index is 13.5. The smallest absolute Gasteiger partial charge is 0.127 e. The van der Waals surface area contributed by atoms with Crippen LogP contribution in [0.2, 0.25) is 0 Å². The Morgan fingerprint density at radius 3 is 2.94 bits per heavy atom. The number of nitrogens with one attached hydrogen (secondary N) is 1. The first kappa shape index (κ1) is 11.2. The first-order chi connectivity index (χ1) is 7.77. The van der Waals surface area contributed by atoms with Crippen molar-refractivity contribution in [2.45, 2.75) is 19.5 Å². The zero-order valence-corrected chi connectivity index (χ0v) is 9.80. The SMILES string of the molecule is CC(NCc1nccs1)c1ccccc1F. The highest BCUT2D eigenvalue weighted by molar-refractivity contribution is 7.09. The van der Waals surface area contributed by atoms with E-state index in [-0.39, 0.29) is 11.9 Å². The van der Waals surface area contributed by atoms with Crippen molar-refractivity contribution in [2.75, 3.05) is 0 Å². The van der Waals surface area contributed by atoms with Crippen LogP contribution in [0, 0.1) is 5.82 Å². The second-order valence-electron chi connectivity index (χ2n) is 3.55. The van der Waals surface area contributed by atoms with Crippen molar-refractivity contribution in [1.29, 1.82) is 0 Å². The van der Waals surface area contributed by atoms with Crippen molar-refractivity contribution >= 4 is 11.3 Å². The molecule has 0 aliphatic rings. The first-order valence-electron chi connectivity index (χ1n) is 5.13. The molecule has 4 heteroatoms. The molecule has 0 bridgehead atoms. The van der Waals surface area contributed by atoms with Crippen LogP contribution in [-0.2, 0) is 6.54 Å². The van der Waals surface area contributed by atoms with Gasteiger partial charge in [-0.1, -0.05) is 18.2 Å². The van der Waals surface area contributed by atoms with E-state index >= 15 is 0 Å². The summed E-state index contributed by atoms with van der Waals surface area (Å²) in [5.41, 5.74) is 0.694. The number of hydrogen-bond acceptors (Lipinski definition) is 3. The van der Waals surface area contributed by atoms with Gasteiger partial charge in [0.05, 0.1) is 0 Å². The van der Waals surface area contributed by atoms with E-state index in [1.807, 2.05) is 18.4 Å². The Hall–Kier alpha value is -1.26. The van der Waals surface area contributed by atoms with Crippen LogP contribution in [0.3, 0.4) is 0 Å². The van der Waals surface area contributed by atoms with E-state index in [4.69, 9.17) is 0 Å². The van der Waals surface area contributed by atoms with E-state index in [2.05, 4.69) is 10.3 Å². The molecule has 0 amide bonds. The quantitative estimate of drug-likeness (QED) is 0.882. The molecule has 1 atom stereocenters. The number of nitrogens with zero attached hydrogens (tertiary/aromatic N) is 1. The number of hydrogen-bond donors (Lipinski definition) is 1. The molecule has 0 aliphatic carbocycles. The Balaban J connectivity index is 1.98. The fraction of sp³-hybridized carbons (Fsp3) is 0.250. The molecule has 0 saturated carbocycles. The van der Waals surface area contributed by atoms with Gasteiger partial charge in [-0.25, -0.2) is 9.37 Å². The van der Waals surface area contributed by atoms with Crippen LogP contribution >= 0.6 is 11.3 Å². The third-order valence-electron chi connectivity index (χ3n) is 2.41. The molecule has 0 aliphatic heterocycles. The molecule has 84 valence electrons. The number of halogens is 1. The minimum atomic E-state index is -0.165. The number of aromatic nitrogens is 1. The van der Waals surface area contributed by atoms with Gasteiger partial charge in [-0.15, -0.1) is 11.3 Å². The largest absolute Gasteiger partial charge is 0.304 e. The first-order valence-corrected chi connectivity index (χ1v) is 6.01. The number of rotatable bonds is 4. The fourth-order valence-corrected chi connectivity index (χ4v) is 2.08. The average molecular weight is 236 g/mol. The molecule has 1 aromatic heterocycles. The Bertz CT molecular complexity index is 442. The monoisotopic (exact) mass is 236 g/mol. The van der Waals surface area contributed by atoms with Crippen molar-refractivity contribution < 1.29 is 4.39 Å². The van der Waals surface area contributed by atoms with Crippen molar-refractivity contribution in [2.24, 2.45) is 0 Å². The van der Waals surface area contributed by atoms with Gasteiger partial charge in [0, 0.05) is 29.7 Å². The molecule has 1 N–H and O–H groups in total. The Morgan fingerprint density at radius 2 is 2.25 bits per heavy atom. The molecular formula is C12H13FN2S. The standard InChI is InChI=1S/C12H13FN2S/c1-9(10-4-2-3-5-11(10)13)15-8-12-14-6-7-16-12/h2-7,9,15H,8H2,1H3. The van der Waals surface area contributed by atoms with Crippen molar-refractivity contribution in [3.63, 3.8) is 0 Å². The molecule has 0 spiro atoms. The molecule has 1 heterocycles. The molecule has 1 unspecified atom stereocenters. The highest BCUT2D eigenvalue weighted by Crippen LogP contribution is 2.16. The van der Waals surface area contributed by atoms with Gasteiger partial charge in [-0.05, 0) is 13.0 Å². The maximum Gasteiger partial charge on any atom is 0.127 e. The summed E-state index contributed by atoms with van der Waals surface area (Å²) in [4.78, 5) is 4.17. The van der Waals surface area contributed by atoms with Crippen LogP contribution < -0.4 is 5.32 Å². The molecule has 1 aromatic carbocycles. The molecule has 0 fully saturated rings. The Morgan fingerprint density at radius 1 is 1.44 bits per heavy atom. The highest BCUT2D eigenvalue weighted by atomic mass is 32.1. The molecule has 0 saturated heterocycles. The van der Waals surface area contributed by atoms with E-state index in [9.17, 15) is 4.39 Å². The molecule has 16 heavy (non-hydrogen) atoms. The van der Waals surface area contributed by atoms with Gasteiger partial charge in [0.25, 0.3) is 0 Å². The van der Waals surface area contributed by atoms with E-state index < -0.39 is 0 Å². The lowest BCUT2D eigenvalue weighted by atomic mass is 10.1. The number of benzene rings is 1. The predicted octanol–water partition coefficient (Wildman–Crippen LogP) is 3.13. The van der Waals surface area contributed by atoms with E-state index in [1.54, 1.807) is 29.7 Å². The summed E-state index contributed by atoms with van der Waals surface area (Å²) < 4.78 is 13.5. The van der Waals surface area contributed by atoms with Crippen LogP contribution in [0.25, 0.3) is 0 Å². The van der Waals surface area contributed by atoms with Gasteiger partial charge in [0.2, 0.25) is 0 Å². The van der Waals surface area contributed by atoms with Crippen molar-refractivity contribution in [1.82, 2.24) is 10.3 Å². The Labute approximate surface area is 98.2 Å². The van der Waals surface area contributed by atoms with Gasteiger partial charge in [-0.3, -0.25) is 0 Å². The van der Waals surface area contributed by atoms with Gasteiger partial charge >= 0.3 is 0 Å². The third kappa shape index (κ3) is 2.65. The van der Waals surface area contributed by atoms with E-state index in [0.29, 0.717) is 12.1 Å². The van der Waals surface area contributed by atoms with Crippen molar-refractivity contribution in [3.8, 4) is 0 Å². The Kier molecular flexibility index (Phi) is 3.64. The number of thiazole rings is 1. The van der Waals surface area contributed by atoms with E-state index in [1.165, 1.54) is 6.07 Å². The van der Waals surface area contributed by atoms with Crippen LogP contribution in [0.4, 0.5) is 4.39 Å². The topological polar surface area (TPSA) is 24.9 Å². The summed E-state index contributed by atoms with van der Waals surface area (Å²) >= 11 is 1.60. The molecule has 2 nitrogen and oxygen atoms in total. The molecule has 0 radical (unpaired) electrons. The minimum absolute atomic E-state index is 0.00917. The molecular weight excluding hydrogens is 223 g/mol. The highest BCUT2D eigenvalue weighted by Gasteiger charge is 2.09. The van der Waals surface area contributed by atoms with E-state index in [0.717, 1.165) is 5.01 Å². The second kappa shape index (κ2) is 5.18. The lowest BCUT2D eigenvalue weighted by Crippen LogP contribution is -2.18. The van der Waals surface area contributed by atoms with Gasteiger partial charge in [0.15, 0.2) is 0 Å². The summed E-state index contributed by atoms with van der Waals surface area (Å²) in [6.45, 7) is 2.62. The van der Waals surface area contributed by atoms with Crippen LogP contribution in [0.5, 0.6) is 0 Å². The zero-order chi connectivity index (χ0) is 11.4. The summed E-state index contributed by atoms with van der Waals surface area (Å²) in [5, 5.41) is 6.20. The van der Waals surface area contributed by atoms with Gasteiger partial charge < -0.3 is 5.32 Å². The summed E-state index contributed by atoms with van der Waals surface area (Å²) in [5.74, 6) is -0.165. The lowest BCUT2D eigenvalue weighted by Gasteiger charge is -2.13. The third-order valence-corrected chi connectivity index (χ3v) is 3.19. The summed E-state index contributed by atoms with van der Waals surface area (Å²) in [7, 11) is 0. The minimum Gasteiger partial charge on any atom is -0.304 e. The summed E-state index contributed by atoms with van der Waals surface area (Å²) in [6, 6.07) is 6.82. The lowest BCUT2D eigenvalue weighted by molar-refractivity contribution is 0.527. The fourth-order valence-electron chi connectivity index (χ4n) is 1.52. The van der Waals surface area contributed by atoms with Crippen LogP contribution in [0.15, 0.2) is 35.8 Å². The van der Waals surface area contributed by atoms with Crippen LogP contribution in [0.1, 0.15) is 23.5 Å². The van der Waals surface area contributed by atoms with Gasteiger partial charge in [0.1, 0.15) is 10.8 Å². The molecule has 2 rings (SSSR count). The maximum absolute atomic E-state index is 13.5. The second-order valence-corrected chi connectivity index (χ2v) is 4.53.